The molecule has 0 bridgehead atoms. The standard InChI is InChI=1S/C10H13NOS/c1-3-11-10(12)9-6-8(13)5-4-7(9)2/h4-6,13H,3H2,1-2H3,(H,11,12). The molecule has 70 valence electrons. The van der Waals surface area contributed by atoms with E-state index in [1.165, 1.54) is 0 Å². The summed E-state index contributed by atoms with van der Waals surface area (Å²) in [5, 5.41) is 2.76. The van der Waals surface area contributed by atoms with Gasteiger partial charge in [-0.25, -0.2) is 0 Å². The summed E-state index contributed by atoms with van der Waals surface area (Å²) in [7, 11) is 0. The van der Waals surface area contributed by atoms with E-state index in [2.05, 4.69) is 17.9 Å². The SMILES string of the molecule is CCNC(=O)c1cc(S)ccc1C. The Labute approximate surface area is 83.8 Å². The molecule has 0 aliphatic rings. The summed E-state index contributed by atoms with van der Waals surface area (Å²) in [5.74, 6) is -0.0316. The molecule has 0 aromatic heterocycles. The van der Waals surface area contributed by atoms with Crippen molar-refractivity contribution in [2.45, 2.75) is 18.7 Å². The number of nitrogens with one attached hydrogen (secondary N) is 1. The Kier molecular flexibility index (Phi) is 3.37. The van der Waals surface area contributed by atoms with Crippen molar-refractivity contribution < 1.29 is 4.79 Å². The molecule has 0 saturated heterocycles. The number of benzene rings is 1. The Hall–Kier alpha value is -0.960. The Morgan fingerprint density at radius 1 is 1.54 bits per heavy atom. The topological polar surface area (TPSA) is 29.1 Å². The molecule has 2 nitrogen and oxygen atoms in total. The molecule has 1 rings (SSSR count). The van der Waals surface area contributed by atoms with Gasteiger partial charge >= 0.3 is 0 Å². The van der Waals surface area contributed by atoms with Crippen molar-refractivity contribution in [1.29, 1.82) is 0 Å². The van der Waals surface area contributed by atoms with Crippen molar-refractivity contribution in [3.8, 4) is 0 Å². The predicted octanol–water partition coefficient (Wildman–Crippen LogP) is 2.03. The highest BCUT2D eigenvalue weighted by Crippen LogP contribution is 2.13. The molecule has 0 aliphatic heterocycles. The number of hydrogen-bond donors (Lipinski definition) is 2. The second-order valence-electron chi connectivity index (χ2n) is 2.86. The molecular formula is C10H13NOS. The molecule has 0 atom stereocenters. The Morgan fingerprint density at radius 2 is 2.23 bits per heavy atom. The van der Waals surface area contributed by atoms with Crippen molar-refractivity contribution in [2.24, 2.45) is 0 Å². The molecule has 3 heteroatoms. The third kappa shape index (κ3) is 2.49. The number of aryl methyl sites for hydroxylation is 1. The third-order valence-corrected chi connectivity index (χ3v) is 2.08. The minimum atomic E-state index is -0.0316. The lowest BCUT2D eigenvalue weighted by molar-refractivity contribution is 0.0955. The summed E-state index contributed by atoms with van der Waals surface area (Å²) < 4.78 is 0. The normalized spacial score (nSPS) is 9.77. The monoisotopic (exact) mass is 195 g/mol. The average molecular weight is 195 g/mol. The van der Waals surface area contributed by atoms with Crippen LogP contribution in [0.25, 0.3) is 0 Å². The molecule has 1 N–H and O–H groups in total. The van der Waals surface area contributed by atoms with Crippen LogP contribution in [0.5, 0.6) is 0 Å². The van der Waals surface area contributed by atoms with Crippen LogP contribution >= 0.6 is 12.6 Å². The minimum absolute atomic E-state index is 0.0316. The zero-order chi connectivity index (χ0) is 9.84. The summed E-state index contributed by atoms with van der Waals surface area (Å²) in [6, 6.07) is 5.55. The fourth-order valence-electron chi connectivity index (χ4n) is 1.11. The number of amides is 1. The summed E-state index contributed by atoms with van der Waals surface area (Å²) in [4.78, 5) is 12.3. The first-order valence-corrected chi connectivity index (χ1v) is 4.67. The fraction of sp³-hybridized carbons (Fsp3) is 0.300. The minimum Gasteiger partial charge on any atom is -0.352 e. The Balaban J connectivity index is 2.99. The van der Waals surface area contributed by atoms with Gasteiger partial charge in [0.1, 0.15) is 0 Å². The maximum absolute atomic E-state index is 11.5. The number of thiol groups is 1. The number of hydrogen-bond acceptors (Lipinski definition) is 2. The predicted molar refractivity (Wildman–Crippen MR) is 56.4 cm³/mol. The van der Waals surface area contributed by atoms with Gasteiger partial charge in [-0.3, -0.25) is 4.79 Å². The smallest absolute Gasteiger partial charge is 0.251 e. The zero-order valence-corrected chi connectivity index (χ0v) is 8.69. The van der Waals surface area contributed by atoms with E-state index in [4.69, 9.17) is 0 Å². The second kappa shape index (κ2) is 4.33. The van der Waals surface area contributed by atoms with Crippen LogP contribution in [0.3, 0.4) is 0 Å². The largest absolute Gasteiger partial charge is 0.352 e. The van der Waals surface area contributed by atoms with Crippen molar-refractivity contribution in [1.82, 2.24) is 5.32 Å². The van der Waals surface area contributed by atoms with E-state index in [1.807, 2.05) is 26.0 Å². The van der Waals surface area contributed by atoms with Gasteiger partial charge in [0.05, 0.1) is 0 Å². The third-order valence-electron chi connectivity index (χ3n) is 1.80. The van der Waals surface area contributed by atoms with Crippen LogP contribution in [0.2, 0.25) is 0 Å². The van der Waals surface area contributed by atoms with Crippen molar-refractivity contribution in [3.63, 3.8) is 0 Å². The van der Waals surface area contributed by atoms with E-state index in [0.717, 1.165) is 10.5 Å². The highest BCUT2D eigenvalue weighted by molar-refractivity contribution is 7.80. The highest BCUT2D eigenvalue weighted by atomic mass is 32.1. The van der Waals surface area contributed by atoms with Gasteiger partial charge in [-0.05, 0) is 31.5 Å². The molecular weight excluding hydrogens is 182 g/mol. The van der Waals surface area contributed by atoms with Gasteiger partial charge < -0.3 is 5.32 Å². The van der Waals surface area contributed by atoms with Gasteiger partial charge in [0.15, 0.2) is 0 Å². The quantitative estimate of drug-likeness (QED) is 0.695. The first-order valence-electron chi connectivity index (χ1n) is 4.23. The van der Waals surface area contributed by atoms with E-state index in [-0.39, 0.29) is 5.91 Å². The van der Waals surface area contributed by atoms with Gasteiger partial charge in [0.25, 0.3) is 5.91 Å². The molecule has 1 aromatic rings. The van der Waals surface area contributed by atoms with Gasteiger partial charge in [0.2, 0.25) is 0 Å². The van der Waals surface area contributed by atoms with Gasteiger partial charge in [-0.1, -0.05) is 6.07 Å². The van der Waals surface area contributed by atoms with Crippen molar-refractivity contribution >= 4 is 18.5 Å². The average Bonchev–Trinajstić information content (AvgIpc) is 2.09. The molecule has 0 saturated carbocycles. The molecule has 0 spiro atoms. The van der Waals surface area contributed by atoms with E-state index in [0.29, 0.717) is 12.1 Å². The van der Waals surface area contributed by atoms with E-state index >= 15 is 0 Å². The van der Waals surface area contributed by atoms with Crippen LogP contribution in [-0.4, -0.2) is 12.5 Å². The van der Waals surface area contributed by atoms with E-state index < -0.39 is 0 Å². The van der Waals surface area contributed by atoms with Crippen LogP contribution in [0, 0.1) is 6.92 Å². The lowest BCUT2D eigenvalue weighted by Crippen LogP contribution is -2.23. The van der Waals surface area contributed by atoms with Crippen molar-refractivity contribution in [2.75, 3.05) is 6.54 Å². The number of rotatable bonds is 2. The zero-order valence-electron chi connectivity index (χ0n) is 7.79. The van der Waals surface area contributed by atoms with E-state index in [9.17, 15) is 4.79 Å². The molecule has 13 heavy (non-hydrogen) atoms. The molecule has 0 radical (unpaired) electrons. The second-order valence-corrected chi connectivity index (χ2v) is 3.38. The number of carbonyl (C=O) groups excluding carboxylic acids is 1. The van der Waals surface area contributed by atoms with Gasteiger partial charge in [-0.15, -0.1) is 12.6 Å². The lowest BCUT2D eigenvalue weighted by atomic mass is 10.1. The van der Waals surface area contributed by atoms with Crippen molar-refractivity contribution in [3.05, 3.63) is 29.3 Å². The summed E-state index contributed by atoms with van der Waals surface area (Å²) in [5.41, 5.74) is 1.68. The van der Waals surface area contributed by atoms with Crippen LogP contribution in [0.4, 0.5) is 0 Å². The first kappa shape index (κ1) is 10.1. The Morgan fingerprint density at radius 3 is 2.85 bits per heavy atom. The van der Waals surface area contributed by atoms with Crippen LogP contribution in [-0.2, 0) is 0 Å². The molecule has 0 heterocycles. The van der Waals surface area contributed by atoms with Crippen LogP contribution < -0.4 is 5.32 Å². The van der Waals surface area contributed by atoms with Gasteiger partial charge in [0, 0.05) is 17.0 Å². The number of carbonyl (C=O) groups is 1. The molecule has 0 aliphatic carbocycles. The first-order chi connectivity index (χ1) is 6.15. The molecule has 1 amide bonds. The fourth-order valence-corrected chi connectivity index (χ4v) is 1.31. The molecule has 0 fully saturated rings. The summed E-state index contributed by atoms with van der Waals surface area (Å²) >= 11 is 4.18. The maximum atomic E-state index is 11.5. The molecule has 1 aromatic carbocycles. The van der Waals surface area contributed by atoms with Crippen LogP contribution in [0.1, 0.15) is 22.8 Å². The highest BCUT2D eigenvalue weighted by Gasteiger charge is 2.07. The Bertz CT molecular complexity index is 323. The lowest BCUT2D eigenvalue weighted by Gasteiger charge is -2.05. The van der Waals surface area contributed by atoms with E-state index in [1.54, 1.807) is 6.07 Å². The summed E-state index contributed by atoms with van der Waals surface area (Å²) in [6.07, 6.45) is 0. The summed E-state index contributed by atoms with van der Waals surface area (Å²) in [6.45, 7) is 4.46. The molecule has 0 unspecified atom stereocenters. The van der Waals surface area contributed by atoms with Crippen LogP contribution in [0.15, 0.2) is 23.1 Å². The maximum Gasteiger partial charge on any atom is 0.251 e. The van der Waals surface area contributed by atoms with Gasteiger partial charge in [-0.2, -0.15) is 0 Å².